The van der Waals surface area contributed by atoms with Gasteiger partial charge in [0, 0.05) is 18.5 Å². The molecule has 1 fully saturated rings. The van der Waals surface area contributed by atoms with E-state index in [1.54, 1.807) is 12.3 Å². The molecule has 1 amide bonds. The van der Waals surface area contributed by atoms with Gasteiger partial charge in [-0.2, -0.15) is 0 Å². The lowest BCUT2D eigenvalue weighted by molar-refractivity contribution is -0.114. The van der Waals surface area contributed by atoms with Crippen LogP contribution >= 0.6 is 0 Å². The number of aliphatic hydroxyl groups is 1. The van der Waals surface area contributed by atoms with Gasteiger partial charge in [0.1, 0.15) is 11.4 Å². The zero-order chi connectivity index (χ0) is 22.8. The van der Waals surface area contributed by atoms with Crippen molar-refractivity contribution < 1.29 is 24.2 Å². The van der Waals surface area contributed by atoms with Crippen LogP contribution in [0.5, 0.6) is 5.75 Å². The lowest BCUT2D eigenvalue weighted by atomic mass is 9.79. The topological polar surface area (TPSA) is 89.8 Å². The Morgan fingerprint density at radius 3 is 2.55 bits per heavy atom. The average molecular weight is 431 g/mol. The van der Waals surface area contributed by atoms with Crippen LogP contribution in [0.1, 0.15) is 66.7 Å². The number of ether oxygens (including phenoxy) is 2. The lowest BCUT2D eigenvalue weighted by Crippen LogP contribution is -2.30. The molecule has 31 heavy (non-hydrogen) atoms. The molecule has 0 spiro atoms. The van der Waals surface area contributed by atoms with E-state index in [0.29, 0.717) is 34.9 Å². The molecular weight excluding hydrogens is 396 g/mol. The van der Waals surface area contributed by atoms with Gasteiger partial charge in [0.2, 0.25) is 5.91 Å². The predicted octanol–water partition coefficient (Wildman–Crippen LogP) is 5.09. The largest absolute Gasteiger partial charge is 0.494 e. The molecule has 0 saturated heterocycles. The van der Waals surface area contributed by atoms with Crippen molar-refractivity contribution in [1.29, 1.82) is 0 Å². The van der Waals surface area contributed by atoms with E-state index in [4.69, 9.17) is 9.47 Å². The summed E-state index contributed by atoms with van der Waals surface area (Å²) in [4.78, 5) is 24.3. The summed E-state index contributed by atoms with van der Waals surface area (Å²) in [6.07, 6.45) is 5.71. The molecular formula is C24H34N2O5. The number of nitrogens with zero attached hydrogens (tertiary/aromatic N) is 1. The Hall–Kier alpha value is -2.54. The summed E-state index contributed by atoms with van der Waals surface area (Å²) < 4.78 is 12.9. The number of nitrogens with one attached hydrogen (secondary N) is 1. The van der Waals surface area contributed by atoms with E-state index in [2.05, 4.69) is 5.32 Å². The maximum Gasteiger partial charge on any atom is 0.419 e. The maximum atomic E-state index is 12.6. The lowest BCUT2D eigenvalue weighted by Gasteiger charge is -2.33. The Balaban J connectivity index is 1.74. The molecule has 1 aromatic carbocycles. The zero-order valence-corrected chi connectivity index (χ0v) is 19.2. The molecule has 1 saturated carbocycles. The van der Waals surface area contributed by atoms with Gasteiger partial charge in [-0.3, -0.25) is 9.36 Å². The standard InChI is InChI=1S/C24H34N2O5/c1-16(27)25-20-15-26(22(28)31-23(2,3)4)21-7-6-18(14-19(20)21)30-13-10-17-8-11-24(5,29)12-9-17/h6-7,14-15,17,29H,8-13H2,1-5H3,(H,25,27)/t17-,24+. The third kappa shape index (κ3) is 6.23. The molecule has 170 valence electrons. The van der Waals surface area contributed by atoms with E-state index < -0.39 is 17.3 Å². The summed E-state index contributed by atoms with van der Waals surface area (Å²) in [6, 6.07) is 5.47. The molecule has 1 aliphatic carbocycles. The van der Waals surface area contributed by atoms with Crippen LogP contribution in [0.2, 0.25) is 0 Å². The average Bonchev–Trinajstić information content (AvgIpc) is 2.99. The van der Waals surface area contributed by atoms with Crippen LogP contribution in [0.4, 0.5) is 10.5 Å². The summed E-state index contributed by atoms with van der Waals surface area (Å²) >= 11 is 0. The molecule has 0 unspecified atom stereocenters. The fourth-order valence-corrected chi connectivity index (χ4v) is 3.98. The Bertz CT molecular complexity index is 945. The van der Waals surface area contributed by atoms with Crippen LogP contribution in [0.3, 0.4) is 0 Å². The van der Waals surface area contributed by atoms with Gasteiger partial charge >= 0.3 is 6.09 Å². The van der Waals surface area contributed by atoms with Crippen molar-refractivity contribution in [3.05, 3.63) is 24.4 Å². The highest BCUT2D eigenvalue weighted by Crippen LogP contribution is 2.34. The molecule has 2 N–H and O–H groups in total. The molecule has 7 heteroatoms. The monoisotopic (exact) mass is 430 g/mol. The number of amides is 1. The second-order valence-electron chi connectivity index (χ2n) is 9.83. The fraction of sp³-hybridized carbons (Fsp3) is 0.583. The SMILES string of the molecule is CC(=O)Nc1cn(C(=O)OC(C)(C)C)c2ccc(OCC[C@H]3CC[C@@](C)(O)CC3)cc12. The van der Waals surface area contributed by atoms with Crippen LogP contribution in [-0.4, -0.2) is 39.5 Å². The minimum absolute atomic E-state index is 0.220. The number of carbonyl (C=O) groups excluding carboxylic acids is 2. The van der Waals surface area contributed by atoms with Crippen molar-refractivity contribution in [3.8, 4) is 5.75 Å². The van der Waals surface area contributed by atoms with E-state index in [0.717, 1.165) is 32.1 Å². The number of benzene rings is 1. The van der Waals surface area contributed by atoms with Crippen molar-refractivity contribution in [2.75, 3.05) is 11.9 Å². The number of hydrogen-bond acceptors (Lipinski definition) is 5. The van der Waals surface area contributed by atoms with Crippen LogP contribution in [0, 0.1) is 5.92 Å². The quantitative estimate of drug-likeness (QED) is 0.689. The van der Waals surface area contributed by atoms with Crippen LogP contribution < -0.4 is 10.1 Å². The summed E-state index contributed by atoms with van der Waals surface area (Å²) in [7, 11) is 0. The molecule has 1 heterocycles. The third-order valence-corrected chi connectivity index (χ3v) is 5.65. The zero-order valence-electron chi connectivity index (χ0n) is 19.2. The number of carbonyl (C=O) groups is 2. The molecule has 1 aromatic heterocycles. The van der Waals surface area contributed by atoms with E-state index in [-0.39, 0.29) is 5.91 Å². The Kier molecular flexibility index (Phi) is 6.65. The first-order chi connectivity index (χ1) is 14.4. The molecule has 0 bridgehead atoms. The number of hydrogen-bond donors (Lipinski definition) is 2. The summed E-state index contributed by atoms with van der Waals surface area (Å²) in [5.41, 5.74) is 0.0227. The Morgan fingerprint density at radius 1 is 1.26 bits per heavy atom. The van der Waals surface area contributed by atoms with Crippen molar-refractivity contribution in [3.63, 3.8) is 0 Å². The van der Waals surface area contributed by atoms with E-state index >= 15 is 0 Å². The minimum atomic E-state index is -0.628. The normalized spacial score (nSPS) is 21.7. The van der Waals surface area contributed by atoms with E-state index in [1.165, 1.54) is 11.5 Å². The van der Waals surface area contributed by atoms with Gasteiger partial charge in [0.25, 0.3) is 0 Å². The number of fused-ring (bicyclic) bond motifs is 1. The van der Waals surface area contributed by atoms with Gasteiger partial charge in [0.05, 0.1) is 23.4 Å². The van der Waals surface area contributed by atoms with Gasteiger partial charge in [0.15, 0.2) is 0 Å². The highest BCUT2D eigenvalue weighted by molar-refractivity contribution is 6.04. The van der Waals surface area contributed by atoms with Crippen molar-refractivity contribution in [2.24, 2.45) is 5.92 Å². The van der Waals surface area contributed by atoms with Crippen LogP contribution in [-0.2, 0) is 9.53 Å². The van der Waals surface area contributed by atoms with Crippen LogP contribution in [0.15, 0.2) is 24.4 Å². The van der Waals surface area contributed by atoms with Crippen LogP contribution in [0.25, 0.3) is 10.9 Å². The molecule has 3 rings (SSSR count). The summed E-state index contributed by atoms with van der Waals surface area (Å²) in [5, 5.41) is 13.6. The highest BCUT2D eigenvalue weighted by atomic mass is 16.6. The van der Waals surface area contributed by atoms with Crippen molar-refractivity contribution in [2.45, 2.75) is 77.9 Å². The highest BCUT2D eigenvalue weighted by Gasteiger charge is 2.28. The van der Waals surface area contributed by atoms with E-state index in [1.807, 2.05) is 39.8 Å². The fourth-order valence-electron chi connectivity index (χ4n) is 3.98. The minimum Gasteiger partial charge on any atom is -0.494 e. The van der Waals surface area contributed by atoms with Gasteiger partial charge in [-0.1, -0.05) is 0 Å². The molecule has 1 aliphatic rings. The second-order valence-corrected chi connectivity index (χ2v) is 9.83. The maximum absolute atomic E-state index is 12.6. The first-order valence-corrected chi connectivity index (χ1v) is 10.9. The molecule has 0 atom stereocenters. The van der Waals surface area contributed by atoms with E-state index in [9.17, 15) is 14.7 Å². The second kappa shape index (κ2) is 8.91. The number of anilines is 1. The van der Waals surface area contributed by atoms with Gasteiger partial charge < -0.3 is 19.9 Å². The van der Waals surface area contributed by atoms with Gasteiger partial charge in [-0.25, -0.2) is 4.79 Å². The molecule has 2 aromatic rings. The first-order valence-electron chi connectivity index (χ1n) is 10.9. The Labute approximate surface area is 183 Å². The van der Waals surface area contributed by atoms with Gasteiger partial charge in [-0.15, -0.1) is 0 Å². The number of aromatic nitrogens is 1. The summed E-state index contributed by atoms with van der Waals surface area (Å²) in [6.45, 7) is 9.35. The molecule has 0 aliphatic heterocycles. The predicted molar refractivity (Wildman–Crippen MR) is 121 cm³/mol. The van der Waals surface area contributed by atoms with Crippen molar-refractivity contribution >= 4 is 28.6 Å². The van der Waals surface area contributed by atoms with Crippen molar-refractivity contribution in [1.82, 2.24) is 4.57 Å². The molecule has 7 nitrogen and oxygen atoms in total. The van der Waals surface area contributed by atoms with Gasteiger partial charge in [-0.05, 0) is 83.9 Å². The smallest absolute Gasteiger partial charge is 0.419 e. The summed E-state index contributed by atoms with van der Waals surface area (Å²) in [5.74, 6) is 1.03. The Morgan fingerprint density at radius 2 is 1.94 bits per heavy atom. The number of rotatable bonds is 5. The third-order valence-electron chi connectivity index (χ3n) is 5.65. The molecule has 0 radical (unpaired) electrons. The first kappa shape index (κ1) is 23.1.